The maximum absolute atomic E-state index is 13.5. The Bertz CT molecular complexity index is 1230. The molecule has 11 heteroatoms. The molecule has 2 unspecified atom stereocenters. The molecule has 1 aromatic carbocycles. The van der Waals surface area contributed by atoms with Gasteiger partial charge in [0.1, 0.15) is 18.1 Å². The minimum Gasteiger partial charge on any atom is -0.507 e. The first-order chi connectivity index (χ1) is 20.7. The van der Waals surface area contributed by atoms with E-state index in [1.54, 1.807) is 19.9 Å². The smallest absolute Gasteiger partial charge is 0.315 e. The Morgan fingerprint density at radius 3 is 2.34 bits per heavy atom. The Hall–Kier alpha value is -3.89. The standard InChI is InChI=1S/C33H47NO10/c1-8-11-24(12-9-2)31(37)44-29-19-25(33(6,7)32(38)41-15-10-16-43-34(39)40)18-28(36)30(29)27-17-23(20-42-22(5)35)13-14-26(27)21(3)4/h17-19,24,26-27,36H,3,8-16,20H2,1-2,4-7H3. The minimum atomic E-state index is -1.27. The van der Waals surface area contributed by atoms with Crippen molar-refractivity contribution in [3.63, 3.8) is 0 Å². The number of nitrogens with zero attached hydrogens (tertiary/aromatic N) is 1. The van der Waals surface area contributed by atoms with Crippen molar-refractivity contribution in [2.45, 2.75) is 97.8 Å². The summed E-state index contributed by atoms with van der Waals surface area (Å²) in [5.74, 6) is -2.31. The largest absolute Gasteiger partial charge is 0.507 e. The molecule has 0 radical (unpaired) electrons. The molecule has 2 atom stereocenters. The van der Waals surface area contributed by atoms with Crippen molar-refractivity contribution >= 4 is 17.9 Å². The van der Waals surface area contributed by atoms with Gasteiger partial charge in [0.15, 0.2) is 0 Å². The van der Waals surface area contributed by atoms with Gasteiger partial charge in [0.05, 0.1) is 24.5 Å². The lowest BCUT2D eigenvalue weighted by atomic mass is 9.73. The molecule has 0 bridgehead atoms. The van der Waals surface area contributed by atoms with E-state index < -0.39 is 34.3 Å². The first-order valence-electron chi connectivity index (χ1n) is 15.2. The third kappa shape index (κ3) is 10.1. The predicted molar refractivity (Wildman–Crippen MR) is 164 cm³/mol. The highest BCUT2D eigenvalue weighted by Gasteiger charge is 2.37. The zero-order valence-electron chi connectivity index (χ0n) is 26.8. The summed E-state index contributed by atoms with van der Waals surface area (Å²) in [7, 11) is 0. The summed E-state index contributed by atoms with van der Waals surface area (Å²) >= 11 is 0. The van der Waals surface area contributed by atoms with Gasteiger partial charge in [0.25, 0.3) is 5.09 Å². The monoisotopic (exact) mass is 617 g/mol. The van der Waals surface area contributed by atoms with Crippen LogP contribution in [0.5, 0.6) is 11.5 Å². The number of aromatic hydroxyl groups is 1. The molecular formula is C33H47NO10. The molecule has 0 amide bonds. The lowest BCUT2D eigenvalue weighted by Crippen LogP contribution is -2.32. The summed E-state index contributed by atoms with van der Waals surface area (Å²) in [5.41, 5.74) is 1.25. The van der Waals surface area contributed by atoms with Crippen LogP contribution in [0.4, 0.5) is 0 Å². The summed E-state index contributed by atoms with van der Waals surface area (Å²) in [5, 5.41) is 21.0. The number of rotatable bonds is 17. The number of benzene rings is 1. The molecule has 0 aromatic heterocycles. The van der Waals surface area contributed by atoms with Crippen molar-refractivity contribution < 1.29 is 43.6 Å². The molecule has 2 rings (SSSR count). The summed E-state index contributed by atoms with van der Waals surface area (Å²) in [6.07, 6.45) is 6.33. The van der Waals surface area contributed by atoms with E-state index in [1.807, 2.05) is 26.8 Å². The van der Waals surface area contributed by atoms with E-state index >= 15 is 0 Å². The minimum absolute atomic E-state index is 0.0910. The van der Waals surface area contributed by atoms with Crippen LogP contribution in [0.2, 0.25) is 0 Å². The molecule has 0 aliphatic heterocycles. The van der Waals surface area contributed by atoms with E-state index in [0.717, 1.165) is 24.0 Å². The van der Waals surface area contributed by atoms with Gasteiger partial charge in [-0.15, -0.1) is 10.1 Å². The van der Waals surface area contributed by atoms with E-state index in [1.165, 1.54) is 13.0 Å². The average molecular weight is 618 g/mol. The first kappa shape index (κ1) is 36.3. The quantitative estimate of drug-likeness (QED) is 0.0512. The lowest BCUT2D eigenvalue weighted by Gasteiger charge is -2.33. The maximum atomic E-state index is 13.5. The van der Waals surface area contributed by atoms with Gasteiger partial charge >= 0.3 is 17.9 Å². The molecule has 0 saturated carbocycles. The van der Waals surface area contributed by atoms with E-state index in [9.17, 15) is 29.6 Å². The van der Waals surface area contributed by atoms with E-state index in [0.29, 0.717) is 36.8 Å². The number of ether oxygens (including phenoxy) is 3. The Morgan fingerprint density at radius 2 is 1.77 bits per heavy atom. The number of carbonyl (C=O) groups is 3. The van der Waals surface area contributed by atoms with Gasteiger partial charge in [0.2, 0.25) is 0 Å². The van der Waals surface area contributed by atoms with Crippen LogP contribution in [0.1, 0.15) is 104 Å². The third-order valence-electron chi connectivity index (χ3n) is 7.94. The normalized spacial score (nSPS) is 16.6. The Kier molecular flexibility index (Phi) is 13.9. The number of phenols is 1. The van der Waals surface area contributed by atoms with Crippen molar-refractivity contribution in [1.82, 2.24) is 0 Å². The van der Waals surface area contributed by atoms with Gasteiger partial charge < -0.3 is 24.2 Å². The predicted octanol–water partition coefficient (Wildman–Crippen LogP) is 6.49. The van der Waals surface area contributed by atoms with Crippen LogP contribution in [-0.4, -0.2) is 47.9 Å². The molecule has 11 nitrogen and oxygen atoms in total. The fourth-order valence-corrected chi connectivity index (χ4v) is 5.45. The molecular weight excluding hydrogens is 570 g/mol. The van der Waals surface area contributed by atoms with Crippen LogP contribution in [0.15, 0.2) is 35.9 Å². The number of allylic oxidation sites excluding steroid dienone is 2. The maximum Gasteiger partial charge on any atom is 0.315 e. The number of esters is 3. The summed E-state index contributed by atoms with van der Waals surface area (Å²) < 4.78 is 16.7. The topological polar surface area (TPSA) is 152 Å². The average Bonchev–Trinajstić information content (AvgIpc) is 2.95. The molecule has 244 valence electrons. The summed E-state index contributed by atoms with van der Waals surface area (Å²) in [6.45, 7) is 14.5. The Labute approximate surface area is 259 Å². The van der Waals surface area contributed by atoms with Crippen molar-refractivity contribution in [1.29, 1.82) is 0 Å². The molecule has 1 N–H and O–H groups in total. The van der Waals surface area contributed by atoms with Crippen LogP contribution < -0.4 is 4.74 Å². The van der Waals surface area contributed by atoms with E-state index in [-0.39, 0.29) is 49.6 Å². The number of carbonyl (C=O) groups excluding carboxylic acids is 3. The van der Waals surface area contributed by atoms with Crippen LogP contribution in [0.3, 0.4) is 0 Å². The van der Waals surface area contributed by atoms with Gasteiger partial charge in [-0.3, -0.25) is 14.4 Å². The highest BCUT2D eigenvalue weighted by molar-refractivity contribution is 5.83. The molecule has 0 spiro atoms. The highest BCUT2D eigenvalue weighted by Crippen LogP contribution is 2.48. The van der Waals surface area contributed by atoms with Crippen molar-refractivity contribution in [2.24, 2.45) is 11.8 Å². The van der Waals surface area contributed by atoms with E-state index in [2.05, 4.69) is 11.4 Å². The fourth-order valence-electron chi connectivity index (χ4n) is 5.45. The second-order valence-corrected chi connectivity index (χ2v) is 11.9. The van der Waals surface area contributed by atoms with Gasteiger partial charge in [-0.1, -0.05) is 44.9 Å². The van der Waals surface area contributed by atoms with Crippen molar-refractivity contribution in [2.75, 3.05) is 19.8 Å². The van der Waals surface area contributed by atoms with Gasteiger partial charge in [-0.05, 0) is 75.6 Å². The highest BCUT2D eigenvalue weighted by atomic mass is 16.9. The van der Waals surface area contributed by atoms with Gasteiger partial charge in [-0.2, -0.15) is 0 Å². The van der Waals surface area contributed by atoms with Crippen molar-refractivity contribution in [3.8, 4) is 11.5 Å². The van der Waals surface area contributed by atoms with Crippen LogP contribution in [-0.2, 0) is 34.1 Å². The van der Waals surface area contributed by atoms with E-state index in [4.69, 9.17) is 14.2 Å². The van der Waals surface area contributed by atoms with Gasteiger partial charge in [0, 0.05) is 24.8 Å². The van der Waals surface area contributed by atoms with Crippen LogP contribution in [0, 0.1) is 22.0 Å². The van der Waals surface area contributed by atoms with Gasteiger partial charge in [-0.25, -0.2) is 0 Å². The molecule has 0 fully saturated rings. The molecule has 0 heterocycles. The second-order valence-electron chi connectivity index (χ2n) is 11.9. The zero-order valence-corrected chi connectivity index (χ0v) is 26.8. The van der Waals surface area contributed by atoms with Crippen LogP contribution >= 0.6 is 0 Å². The summed E-state index contributed by atoms with van der Waals surface area (Å²) in [4.78, 5) is 52.7. The lowest BCUT2D eigenvalue weighted by molar-refractivity contribution is -0.757. The molecule has 44 heavy (non-hydrogen) atoms. The summed E-state index contributed by atoms with van der Waals surface area (Å²) in [6, 6.07) is 3.08. The zero-order chi connectivity index (χ0) is 33.0. The number of hydrogen-bond acceptors (Lipinski definition) is 10. The molecule has 1 aliphatic carbocycles. The third-order valence-corrected chi connectivity index (χ3v) is 7.94. The fraction of sp³-hybridized carbons (Fsp3) is 0.606. The Balaban J connectivity index is 2.59. The Morgan fingerprint density at radius 1 is 1.11 bits per heavy atom. The molecule has 0 saturated heterocycles. The number of hydrogen-bond donors (Lipinski definition) is 1. The second kappa shape index (κ2) is 16.8. The number of phenolic OH excluding ortho intramolecular Hbond substituents is 1. The SMILES string of the molecule is C=C(C)C1CCC(COC(C)=O)=CC1c1c(O)cc(C(C)(C)C(=O)OCCCO[N+](=O)[O-])cc1OC(=O)C(CCC)CCC. The van der Waals surface area contributed by atoms with Crippen LogP contribution in [0.25, 0.3) is 0 Å². The molecule has 1 aliphatic rings. The first-order valence-corrected chi connectivity index (χ1v) is 15.2. The molecule has 1 aromatic rings. The van der Waals surface area contributed by atoms with Crippen molar-refractivity contribution in [3.05, 3.63) is 57.2 Å².